The molecule has 26 heavy (non-hydrogen) atoms. The van der Waals surface area contributed by atoms with E-state index in [1.54, 1.807) is 0 Å². The number of carboxylic acids is 1. The second-order valence-corrected chi connectivity index (χ2v) is 5.70. The first-order valence-corrected chi connectivity index (χ1v) is 7.78. The molecule has 138 valence electrons. The molecular weight excluding hydrogens is 342 g/mol. The maximum absolute atomic E-state index is 12.1. The summed E-state index contributed by atoms with van der Waals surface area (Å²) >= 11 is 0. The van der Waals surface area contributed by atoms with Crippen LogP contribution in [0.2, 0.25) is 0 Å². The van der Waals surface area contributed by atoms with Gasteiger partial charge in [-0.25, -0.2) is 0 Å². The number of nitrogen functional groups attached to an aromatic ring is 1. The van der Waals surface area contributed by atoms with Crippen LogP contribution in [0.3, 0.4) is 0 Å². The largest absolute Gasteiger partial charge is 0.480 e. The number of rotatable bonds is 6. The van der Waals surface area contributed by atoms with Gasteiger partial charge >= 0.3 is 5.97 Å². The molecule has 1 fully saturated rings. The van der Waals surface area contributed by atoms with Gasteiger partial charge in [0.2, 0.25) is 11.8 Å². The minimum absolute atomic E-state index is 0.112. The van der Waals surface area contributed by atoms with Crippen LogP contribution in [0, 0.1) is 5.41 Å². The zero-order valence-electron chi connectivity index (χ0n) is 13.9. The molecule has 1 aliphatic heterocycles. The number of benzene rings is 1. The first kappa shape index (κ1) is 18.9. The Morgan fingerprint density at radius 1 is 1.15 bits per heavy atom. The fourth-order valence-electron chi connectivity index (χ4n) is 2.42. The van der Waals surface area contributed by atoms with Gasteiger partial charge in [-0.3, -0.25) is 24.6 Å². The quantitative estimate of drug-likeness (QED) is 0.355. The van der Waals surface area contributed by atoms with Gasteiger partial charge in [0.15, 0.2) is 0 Å². The van der Waals surface area contributed by atoms with Crippen LogP contribution in [0.1, 0.15) is 15.9 Å². The summed E-state index contributed by atoms with van der Waals surface area (Å²) in [6, 6.07) is 6.04. The number of amidine groups is 1. The van der Waals surface area contributed by atoms with Crippen molar-refractivity contribution in [3.8, 4) is 0 Å². The van der Waals surface area contributed by atoms with E-state index in [9.17, 15) is 19.2 Å². The van der Waals surface area contributed by atoms with E-state index in [0.717, 1.165) is 0 Å². The van der Waals surface area contributed by atoms with E-state index in [4.69, 9.17) is 16.2 Å². The van der Waals surface area contributed by atoms with Crippen molar-refractivity contribution < 1.29 is 24.3 Å². The Balaban J connectivity index is 1.84. The number of nitrogens with zero attached hydrogens (tertiary/aromatic N) is 2. The SMILES string of the molecule is N=C(N)c1ccc(C(=O)NCC(=O)N2CCN(CC(=O)O)C(=O)C2)cc1. The Kier molecular flexibility index (Phi) is 5.89. The van der Waals surface area contributed by atoms with Crippen molar-refractivity contribution in [2.45, 2.75) is 0 Å². The van der Waals surface area contributed by atoms with Crippen molar-refractivity contribution in [1.82, 2.24) is 15.1 Å². The molecule has 5 N–H and O–H groups in total. The highest BCUT2D eigenvalue weighted by Crippen LogP contribution is 2.05. The molecule has 0 aliphatic carbocycles. The van der Waals surface area contributed by atoms with Gasteiger partial charge in [-0.2, -0.15) is 0 Å². The number of hydrogen-bond acceptors (Lipinski definition) is 5. The lowest BCUT2D eigenvalue weighted by atomic mass is 10.1. The van der Waals surface area contributed by atoms with Crippen molar-refractivity contribution in [3.05, 3.63) is 35.4 Å². The predicted molar refractivity (Wildman–Crippen MR) is 90.6 cm³/mol. The fourth-order valence-corrected chi connectivity index (χ4v) is 2.42. The molecule has 10 nitrogen and oxygen atoms in total. The third kappa shape index (κ3) is 4.79. The molecule has 1 aromatic carbocycles. The number of amides is 3. The van der Waals surface area contributed by atoms with Crippen LogP contribution in [0.25, 0.3) is 0 Å². The highest BCUT2D eigenvalue weighted by Gasteiger charge is 2.28. The minimum atomic E-state index is -1.11. The average molecular weight is 361 g/mol. The molecule has 10 heteroatoms. The van der Waals surface area contributed by atoms with Crippen molar-refractivity contribution in [3.63, 3.8) is 0 Å². The van der Waals surface area contributed by atoms with Crippen molar-refractivity contribution in [2.24, 2.45) is 5.73 Å². The van der Waals surface area contributed by atoms with Gasteiger partial charge in [-0.1, -0.05) is 12.1 Å². The van der Waals surface area contributed by atoms with Gasteiger partial charge in [-0.05, 0) is 12.1 Å². The number of carboxylic acid groups (broad SMARTS) is 1. The standard InChI is InChI=1S/C16H19N5O5/c17-15(18)10-1-3-11(4-2-10)16(26)19-7-12(22)20-5-6-21(9-14(24)25)13(23)8-20/h1-4H,5-9H2,(H3,17,18)(H,19,26)(H,24,25). The Morgan fingerprint density at radius 2 is 1.77 bits per heavy atom. The van der Waals surface area contributed by atoms with Gasteiger partial charge in [-0.15, -0.1) is 0 Å². The van der Waals surface area contributed by atoms with Gasteiger partial charge in [0, 0.05) is 24.2 Å². The molecule has 2 rings (SSSR count). The maximum atomic E-state index is 12.1. The van der Waals surface area contributed by atoms with E-state index < -0.39 is 30.2 Å². The van der Waals surface area contributed by atoms with Crippen molar-refractivity contribution in [2.75, 3.05) is 32.7 Å². The lowest BCUT2D eigenvalue weighted by molar-refractivity contribution is -0.150. The predicted octanol–water partition coefficient (Wildman–Crippen LogP) is -1.54. The lowest BCUT2D eigenvalue weighted by Gasteiger charge is -2.33. The molecule has 1 aromatic rings. The lowest BCUT2D eigenvalue weighted by Crippen LogP contribution is -2.55. The summed E-state index contributed by atoms with van der Waals surface area (Å²) in [6.07, 6.45) is 0. The Bertz CT molecular complexity index is 746. The molecule has 1 aliphatic rings. The summed E-state index contributed by atoms with van der Waals surface area (Å²) in [4.78, 5) is 49.1. The van der Waals surface area contributed by atoms with E-state index in [0.29, 0.717) is 11.1 Å². The minimum Gasteiger partial charge on any atom is -0.480 e. The molecular formula is C16H19N5O5. The third-order valence-electron chi connectivity index (χ3n) is 3.86. The third-order valence-corrected chi connectivity index (χ3v) is 3.86. The van der Waals surface area contributed by atoms with Crippen LogP contribution in [-0.4, -0.2) is 77.2 Å². The number of nitrogens with two attached hydrogens (primary N) is 1. The fraction of sp³-hybridized carbons (Fsp3) is 0.312. The van der Waals surface area contributed by atoms with Crippen LogP contribution in [0.5, 0.6) is 0 Å². The first-order valence-electron chi connectivity index (χ1n) is 7.78. The van der Waals surface area contributed by atoms with Gasteiger partial charge in [0.25, 0.3) is 5.91 Å². The molecule has 0 bridgehead atoms. The normalized spacial score (nSPS) is 14.1. The Hall–Kier alpha value is -3.43. The highest BCUT2D eigenvalue weighted by molar-refractivity contribution is 5.99. The molecule has 0 atom stereocenters. The monoisotopic (exact) mass is 361 g/mol. The zero-order chi connectivity index (χ0) is 19.3. The first-order chi connectivity index (χ1) is 12.3. The molecule has 0 radical (unpaired) electrons. The summed E-state index contributed by atoms with van der Waals surface area (Å²) in [5.74, 6) is -2.57. The van der Waals surface area contributed by atoms with Crippen LogP contribution < -0.4 is 11.1 Å². The number of hydrogen-bond donors (Lipinski definition) is 4. The van der Waals surface area contributed by atoms with E-state index in [2.05, 4.69) is 5.32 Å². The van der Waals surface area contributed by atoms with E-state index >= 15 is 0 Å². The van der Waals surface area contributed by atoms with Gasteiger partial charge in [0.1, 0.15) is 12.4 Å². The summed E-state index contributed by atoms with van der Waals surface area (Å²) < 4.78 is 0. The van der Waals surface area contributed by atoms with Gasteiger partial charge in [0.05, 0.1) is 13.1 Å². The van der Waals surface area contributed by atoms with Crippen molar-refractivity contribution >= 4 is 29.5 Å². The Morgan fingerprint density at radius 3 is 2.31 bits per heavy atom. The molecule has 0 unspecified atom stereocenters. The number of nitrogens with one attached hydrogen (secondary N) is 2. The van der Waals surface area contributed by atoms with Crippen LogP contribution in [0.4, 0.5) is 0 Å². The summed E-state index contributed by atoms with van der Waals surface area (Å²) in [5, 5.41) is 18.5. The molecule has 3 amide bonds. The van der Waals surface area contributed by atoms with Crippen molar-refractivity contribution in [1.29, 1.82) is 5.41 Å². The highest BCUT2D eigenvalue weighted by atomic mass is 16.4. The molecule has 0 saturated carbocycles. The second kappa shape index (κ2) is 8.10. The van der Waals surface area contributed by atoms with Crippen LogP contribution in [-0.2, 0) is 14.4 Å². The van der Waals surface area contributed by atoms with E-state index in [1.807, 2.05) is 0 Å². The summed E-state index contributed by atoms with van der Waals surface area (Å²) in [6.45, 7) is -0.541. The maximum Gasteiger partial charge on any atom is 0.323 e. The average Bonchev–Trinajstić information content (AvgIpc) is 2.60. The number of piperazine rings is 1. The smallest absolute Gasteiger partial charge is 0.323 e. The van der Waals surface area contributed by atoms with Crippen LogP contribution in [0.15, 0.2) is 24.3 Å². The van der Waals surface area contributed by atoms with Crippen LogP contribution >= 0.6 is 0 Å². The Labute approximate surface area is 149 Å². The number of carbonyl (C=O) groups excluding carboxylic acids is 3. The van der Waals surface area contributed by atoms with Gasteiger partial charge < -0.3 is 26.0 Å². The van der Waals surface area contributed by atoms with E-state index in [-0.39, 0.29) is 32.0 Å². The number of aliphatic carboxylic acids is 1. The molecule has 0 aromatic heterocycles. The molecule has 1 heterocycles. The number of carbonyl (C=O) groups is 4. The summed E-state index contributed by atoms with van der Waals surface area (Å²) in [7, 11) is 0. The summed E-state index contributed by atoms with van der Waals surface area (Å²) in [5.41, 5.74) is 6.13. The zero-order valence-corrected chi connectivity index (χ0v) is 13.9. The second-order valence-electron chi connectivity index (χ2n) is 5.70. The molecule has 1 saturated heterocycles. The molecule has 0 spiro atoms. The topological polar surface area (TPSA) is 157 Å². The van der Waals surface area contributed by atoms with E-state index in [1.165, 1.54) is 34.1 Å².